The lowest BCUT2D eigenvalue weighted by molar-refractivity contribution is -0.158. The van der Waals surface area contributed by atoms with Gasteiger partial charge in [0.25, 0.3) is 0 Å². The average Bonchev–Trinajstić information content (AvgIpc) is 2.43. The summed E-state index contributed by atoms with van der Waals surface area (Å²) in [4.78, 5) is 35.0. The minimum Gasteiger partial charge on any atom is -0.480 e. The van der Waals surface area contributed by atoms with E-state index in [0.717, 1.165) is 0 Å². The van der Waals surface area contributed by atoms with Gasteiger partial charge in [0.05, 0.1) is 26.9 Å². The van der Waals surface area contributed by atoms with Gasteiger partial charge in [-0.15, -0.1) is 0 Å². The smallest absolute Gasteiger partial charge is 0.336 e. The number of nitrogens with zero attached hydrogens (tertiary/aromatic N) is 1. The number of amides is 2. The first kappa shape index (κ1) is 15.2. The van der Waals surface area contributed by atoms with E-state index in [1.165, 1.54) is 12.0 Å². The molecule has 1 heterocycles. The highest BCUT2D eigenvalue weighted by atomic mass is 16.6. The number of nitrogens with one attached hydrogen (secondary N) is 1. The standard InChI is InChI=1S/C10H16N2O7/c1-18-9(16)7-4-12(2-3-19-7)10(17)11-6(5-13)8(14)15/h6-7,13H,2-5H2,1H3,(H,11,17)(H,14,15)/t6-,7?/m0/s1. The minimum absolute atomic E-state index is 0.0315. The lowest BCUT2D eigenvalue weighted by Crippen LogP contribution is -2.55. The molecule has 3 N–H and O–H groups in total. The number of carboxylic acid groups (broad SMARTS) is 1. The molecule has 19 heavy (non-hydrogen) atoms. The van der Waals surface area contributed by atoms with E-state index in [1.807, 2.05) is 0 Å². The summed E-state index contributed by atoms with van der Waals surface area (Å²) in [7, 11) is 1.21. The van der Waals surface area contributed by atoms with Gasteiger partial charge in [0.1, 0.15) is 0 Å². The SMILES string of the molecule is COC(=O)C1CN(C(=O)N[C@@H](CO)C(=O)O)CCO1. The van der Waals surface area contributed by atoms with Gasteiger partial charge in [-0.2, -0.15) is 0 Å². The van der Waals surface area contributed by atoms with E-state index >= 15 is 0 Å². The molecule has 0 radical (unpaired) electrons. The quantitative estimate of drug-likeness (QED) is 0.508. The van der Waals surface area contributed by atoms with Crippen LogP contribution in [-0.2, 0) is 19.1 Å². The molecule has 1 saturated heterocycles. The lowest BCUT2D eigenvalue weighted by Gasteiger charge is -2.32. The van der Waals surface area contributed by atoms with Crippen LogP contribution in [0.4, 0.5) is 4.79 Å². The van der Waals surface area contributed by atoms with E-state index in [9.17, 15) is 14.4 Å². The molecule has 0 spiro atoms. The molecule has 1 unspecified atom stereocenters. The van der Waals surface area contributed by atoms with E-state index in [0.29, 0.717) is 0 Å². The Labute approximate surface area is 109 Å². The number of hydrogen-bond donors (Lipinski definition) is 3. The third-order valence-corrected chi connectivity index (χ3v) is 2.60. The van der Waals surface area contributed by atoms with Gasteiger partial charge in [-0.1, -0.05) is 0 Å². The summed E-state index contributed by atoms with van der Waals surface area (Å²) < 4.78 is 9.63. The number of methoxy groups -OCH3 is 1. The first-order valence-corrected chi connectivity index (χ1v) is 5.58. The normalized spacial score (nSPS) is 20.5. The van der Waals surface area contributed by atoms with Crippen LogP contribution in [0.25, 0.3) is 0 Å². The van der Waals surface area contributed by atoms with E-state index < -0.39 is 36.7 Å². The maximum absolute atomic E-state index is 11.8. The summed E-state index contributed by atoms with van der Waals surface area (Å²) in [5, 5.41) is 19.7. The molecular formula is C10H16N2O7. The first-order chi connectivity index (χ1) is 8.99. The molecule has 1 fully saturated rings. The van der Waals surface area contributed by atoms with Crippen molar-refractivity contribution in [1.82, 2.24) is 10.2 Å². The number of carboxylic acids is 1. The Morgan fingerprint density at radius 2 is 2.21 bits per heavy atom. The van der Waals surface area contributed by atoms with Crippen LogP contribution in [0, 0.1) is 0 Å². The number of esters is 1. The second kappa shape index (κ2) is 6.90. The number of morpholine rings is 1. The molecule has 1 aliphatic rings. The van der Waals surface area contributed by atoms with Crippen LogP contribution in [0.3, 0.4) is 0 Å². The van der Waals surface area contributed by atoms with Crippen LogP contribution >= 0.6 is 0 Å². The van der Waals surface area contributed by atoms with Crippen LogP contribution in [0.5, 0.6) is 0 Å². The number of carbonyl (C=O) groups is 3. The van der Waals surface area contributed by atoms with E-state index in [1.54, 1.807) is 0 Å². The third-order valence-electron chi connectivity index (χ3n) is 2.60. The molecule has 0 bridgehead atoms. The predicted octanol–water partition coefficient (Wildman–Crippen LogP) is -1.98. The number of urea groups is 1. The van der Waals surface area contributed by atoms with Gasteiger partial charge >= 0.3 is 18.0 Å². The van der Waals surface area contributed by atoms with Gasteiger partial charge in [0, 0.05) is 6.54 Å². The molecule has 9 nitrogen and oxygen atoms in total. The van der Waals surface area contributed by atoms with Gasteiger partial charge in [0.2, 0.25) is 0 Å². The number of aliphatic hydroxyl groups excluding tert-OH is 1. The first-order valence-electron chi connectivity index (χ1n) is 5.58. The van der Waals surface area contributed by atoms with Crippen LogP contribution in [0.1, 0.15) is 0 Å². The van der Waals surface area contributed by atoms with E-state index in [4.69, 9.17) is 14.9 Å². The minimum atomic E-state index is -1.38. The summed E-state index contributed by atoms with van der Waals surface area (Å²) in [5.74, 6) is -1.94. The molecular weight excluding hydrogens is 260 g/mol. The maximum Gasteiger partial charge on any atom is 0.336 e. The highest BCUT2D eigenvalue weighted by Crippen LogP contribution is 2.07. The highest BCUT2D eigenvalue weighted by molar-refractivity contribution is 5.83. The van der Waals surface area contributed by atoms with E-state index in [2.05, 4.69) is 10.1 Å². The molecule has 0 saturated carbocycles. The lowest BCUT2D eigenvalue weighted by atomic mass is 10.2. The molecule has 0 aromatic carbocycles. The van der Waals surface area contributed by atoms with Gasteiger partial charge in [-0.3, -0.25) is 0 Å². The number of ether oxygens (including phenoxy) is 2. The average molecular weight is 276 g/mol. The molecule has 2 atom stereocenters. The maximum atomic E-state index is 11.8. The molecule has 0 aromatic rings. The van der Waals surface area contributed by atoms with Crippen molar-refractivity contribution in [2.45, 2.75) is 12.1 Å². The monoisotopic (exact) mass is 276 g/mol. The van der Waals surface area contributed by atoms with Crippen LogP contribution in [-0.4, -0.2) is 78.6 Å². The number of aliphatic hydroxyl groups is 1. The van der Waals surface area contributed by atoms with Crippen molar-refractivity contribution in [3.05, 3.63) is 0 Å². The zero-order valence-electron chi connectivity index (χ0n) is 10.4. The largest absolute Gasteiger partial charge is 0.480 e. The Balaban J connectivity index is 2.57. The fourth-order valence-electron chi connectivity index (χ4n) is 1.53. The van der Waals surface area contributed by atoms with Gasteiger partial charge in [-0.05, 0) is 0 Å². The predicted molar refractivity (Wildman–Crippen MR) is 60.4 cm³/mol. The van der Waals surface area contributed by atoms with Crippen molar-refractivity contribution in [1.29, 1.82) is 0 Å². The molecule has 0 aliphatic carbocycles. The molecule has 108 valence electrons. The van der Waals surface area contributed by atoms with Crippen molar-refractivity contribution < 1.29 is 34.1 Å². The van der Waals surface area contributed by atoms with E-state index in [-0.39, 0.29) is 19.7 Å². The van der Waals surface area contributed by atoms with Crippen molar-refractivity contribution >= 4 is 18.0 Å². The van der Waals surface area contributed by atoms with Crippen LogP contribution in [0.15, 0.2) is 0 Å². The fourth-order valence-corrected chi connectivity index (χ4v) is 1.53. The van der Waals surface area contributed by atoms with Gasteiger partial charge in [0.15, 0.2) is 12.1 Å². The summed E-state index contributed by atoms with van der Waals surface area (Å²) >= 11 is 0. The highest BCUT2D eigenvalue weighted by Gasteiger charge is 2.31. The van der Waals surface area contributed by atoms with Gasteiger partial charge in [-0.25, -0.2) is 14.4 Å². The number of rotatable bonds is 4. The summed E-state index contributed by atoms with van der Waals surface area (Å²) in [6.07, 6.45) is -0.887. The molecule has 0 aromatic heterocycles. The Bertz CT molecular complexity index is 360. The second-order valence-electron chi connectivity index (χ2n) is 3.85. The van der Waals surface area contributed by atoms with Crippen LogP contribution in [0.2, 0.25) is 0 Å². The Morgan fingerprint density at radius 1 is 1.53 bits per heavy atom. The van der Waals surface area contributed by atoms with Crippen molar-refractivity contribution in [2.24, 2.45) is 0 Å². The summed E-state index contributed by atoms with van der Waals surface area (Å²) in [6.45, 7) is -0.386. The molecule has 9 heteroatoms. The molecule has 1 rings (SSSR count). The zero-order valence-corrected chi connectivity index (χ0v) is 10.4. The molecule has 2 amide bonds. The number of aliphatic carboxylic acids is 1. The van der Waals surface area contributed by atoms with Crippen LogP contribution < -0.4 is 5.32 Å². The Hall–Kier alpha value is -1.87. The zero-order chi connectivity index (χ0) is 14.4. The van der Waals surface area contributed by atoms with Gasteiger partial charge < -0.3 is 29.9 Å². The third kappa shape index (κ3) is 4.07. The van der Waals surface area contributed by atoms with Crippen molar-refractivity contribution in [3.8, 4) is 0 Å². The fraction of sp³-hybridized carbons (Fsp3) is 0.700. The van der Waals surface area contributed by atoms with Crippen molar-refractivity contribution in [3.63, 3.8) is 0 Å². The number of carbonyl (C=O) groups excluding carboxylic acids is 2. The van der Waals surface area contributed by atoms with Crippen molar-refractivity contribution in [2.75, 3.05) is 33.4 Å². The summed E-state index contributed by atoms with van der Waals surface area (Å²) in [6, 6.07) is -2.06. The Kier molecular flexibility index (Phi) is 5.52. The number of hydrogen-bond acceptors (Lipinski definition) is 6. The second-order valence-corrected chi connectivity index (χ2v) is 3.85. The topological polar surface area (TPSA) is 125 Å². The summed E-state index contributed by atoms with van der Waals surface area (Å²) in [5.41, 5.74) is 0. The Morgan fingerprint density at radius 3 is 2.74 bits per heavy atom. The molecule has 1 aliphatic heterocycles.